The van der Waals surface area contributed by atoms with Gasteiger partial charge in [-0.3, -0.25) is 4.90 Å². The molecule has 0 aliphatic carbocycles. The quantitative estimate of drug-likeness (QED) is 0.912. The predicted octanol–water partition coefficient (Wildman–Crippen LogP) is 2.31. The summed E-state index contributed by atoms with van der Waals surface area (Å²) in [6, 6.07) is 6.39. The fourth-order valence-corrected chi connectivity index (χ4v) is 2.61. The Morgan fingerprint density at radius 1 is 1.48 bits per heavy atom. The van der Waals surface area contributed by atoms with Gasteiger partial charge in [-0.25, -0.2) is 4.39 Å². The van der Waals surface area contributed by atoms with Gasteiger partial charge in [0.25, 0.3) is 5.89 Å². The molecular weight excluding hydrogens is 299 g/mol. The summed E-state index contributed by atoms with van der Waals surface area (Å²) < 4.78 is 24.8. The molecule has 2 atom stereocenters. The molecule has 2 unspecified atom stereocenters. The Labute approximate surface area is 134 Å². The van der Waals surface area contributed by atoms with Gasteiger partial charge >= 0.3 is 0 Å². The SMILES string of the molecule is CCC(Oc1ccccc1F)c1nc(C2CNCCN2C)no1. The highest BCUT2D eigenvalue weighted by Gasteiger charge is 2.27. The molecule has 1 aromatic carbocycles. The van der Waals surface area contributed by atoms with Gasteiger partial charge in [-0.15, -0.1) is 0 Å². The van der Waals surface area contributed by atoms with Crippen molar-refractivity contribution in [2.45, 2.75) is 25.5 Å². The van der Waals surface area contributed by atoms with E-state index in [4.69, 9.17) is 9.26 Å². The first-order valence-corrected chi connectivity index (χ1v) is 7.84. The molecule has 1 aliphatic rings. The number of piperazine rings is 1. The van der Waals surface area contributed by atoms with Gasteiger partial charge in [-0.05, 0) is 25.6 Å². The Hall–Kier alpha value is -1.99. The topological polar surface area (TPSA) is 63.4 Å². The summed E-state index contributed by atoms with van der Waals surface area (Å²) in [5.41, 5.74) is 0. The molecule has 0 bridgehead atoms. The first-order chi connectivity index (χ1) is 11.2. The van der Waals surface area contributed by atoms with E-state index >= 15 is 0 Å². The van der Waals surface area contributed by atoms with Crippen LogP contribution in [-0.4, -0.2) is 41.7 Å². The molecule has 1 aromatic heterocycles. The number of likely N-dealkylation sites (N-methyl/N-ethyl adjacent to an activating group) is 1. The van der Waals surface area contributed by atoms with Crippen LogP contribution < -0.4 is 10.1 Å². The van der Waals surface area contributed by atoms with Crippen LogP contribution in [-0.2, 0) is 0 Å². The van der Waals surface area contributed by atoms with E-state index in [2.05, 4.69) is 20.4 Å². The number of hydrogen-bond acceptors (Lipinski definition) is 6. The van der Waals surface area contributed by atoms with E-state index in [1.54, 1.807) is 18.2 Å². The normalized spacial score (nSPS) is 20.4. The monoisotopic (exact) mass is 320 g/mol. The first-order valence-electron chi connectivity index (χ1n) is 7.84. The fraction of sp³-hybridized carbons (Fsp3) is 0.500. The molecule has 0 saturated carbocycles. The van der Waals surface area contributed by atoms with Gasteiger partial charge in [0, 0.05) is 19.6 Å². The van der Waals surface area contributed by atoms with E-state index < -0.39 is 11.9 Å². The lowest BCUT2D eigenvalue weighted by Crippen LogP contribution is -2.44. The van der Waals surface area contributed by atoms with Crippen molar-refractivity contribution >= 4 is 0 Å². The molecule has 7 heteroatoms. The molecule has 0 amide bonds. The molecule has 3 rings (SSSR count). The standard InChI is InChI=1S/C16H21FN4O2/c1-3-13(22-14-7-5-4-6-11(14)17)16-19-15(20-23-16)12-10-18-8-9-21(12)2/h4-7,12-13,18H,3,8-10H2,1-2H3. The summed E-state index contributed by atoms with van der Waals surface area (Å²) >= 11 is 0. The van der Waals surface area contributed by atoms with E-state index in [9.17, 15) is 4.39 Å². The number of aromatic nitrogens is 2. The van der Waals surface area contributed by atoms with Crippen LogP contribution in [0.25, 0.3) is 0 Å². The number of halogens is 1. The molecule has 23 heavy (non-hydrogen) atoms. The molecule has 1 aliphatic heterocycles. The second-order valence-corrected chi connectivity index (χ2v) is 5.64. The van der Waals surface area contributed by atoms with Crippen LogP contribution in [0.15, 0.2) is 28.8 Å². The zero-order valence-electron chi connectivity index (χ0n) is 13.3. The molecule has 0 spiro atoms. The summed E-state index contributed by atoms with van der Waals surface area (Å²) in [4.78, 5) is 6.66. The minimum Gasteiger partial charge on any atom is -0.478 e. The van der Waals surface area contributed by atoms with Crippen LogP contribution in [0.4, 0.5) is 4.39 Å². The van der Waals surface area contributed by atoms with E-state index in [1.165, 1.54) is 6.07 Å². The van der Waals surface area contributed by atoms with Crippen molar-refractivity contribution in [1.29, 1.82) is 0 Å². The van der Waals surface area contributed by atoms with Gasteiger partial charge in [0.2, 0.25) is 0 Å². The second-order valence-electron chi connectivity index (χ2n) is 5.64. The Kier molecular flexibility index (Phi) is 4.88. The van der Waals surface area contributed by atoms with Crippen molar-refractivity contribution in [1.82, 2.24) is 20.4 Å². The number of nitrogens with one attached hydrogen (secondary N) is 1. The molecular formula is C16H21FN4O2. The smallest absolute Gasteiger partial charge is 0.267 e. The second kappa shape index (κ2) is 7.06. The lowest BCUT2D eigenvalue weighted by atomic mass is 10.2. The third kappa shape index (κ3) is 3.51. The van der Waals surface area contributed by atoms with E-state index in [-0.39, 0.29) is 11.8 Å². The van der Waals surface area contributed by atoms with Crippen molar-refractivity contribution < 1.29 is 13.7 Å². The van der Waals surface area contributed by atoms with Crippen LogP contribution in [0.2, 0.25) is 0 Å². The highest BCUT2D eigenvalue weighted by molar-refractivity contribution is 5.24. The Balaban J connectivity index is 1.76. The van der Waals surface area contributed by atoms with Crippen LogP contribution in [0, 0.1) is 5.82 Å². The molecule has 1 saturated heterocycles. The average molecular weight is 320 g/mol. The van der Waals surface area contributed by atoms with Crippen molar-refractivity contribution in [3.63, 3.8) is 0 Å². The predicted molar refractivity (Wildman–Crippen MR) is 82.6 cm³/mol. The summed E-state index contributed by atoms with van der Waals surface area (Å²) in [5.74, 6) is 0.799. The van der Waals surface area contributed by atoms with E-state index in [0.29, 0.717) is 18.1 Å². The van der Waals surface area contributed by atoms with Crippen LogP contribution >= 0.6 is 0 Å². The lowest BCUT2D eigenvalue weighted by Gasteiger charge is -2.30. The Morgan fingerprint density at radius 2 is 2.30 bits per heavy atom. The molecule has 2 aromatic rings. The van der Waals surface area contributed by atoms with Crippen molar-refractivity contribution in [3.05, 3.63) is 41.8 Å². The number of para-hydroxylation sites is 1. The molecule has 1 N–H and O–H groups in total. The van der Waals surface area contributed by atoms with Crippen molar-refractivity contribution in [3.8, 4) is 5.75 Å². The molecule has 124 valence electrons. The zero-order valence-corrected chi connectivity index (χ0v) is 13.3. The third-order valence-corrected chi connectivity index (χ3v) is 4.02. The van der Waals surface area contributed by atoms with E-state index in [1.807, 2.05) is 14.0 Å². The first kappa shape index (κ1) is 15.9. The number of rotatable bonds is 5. The van der Waals surface area contributed by atoms with Crippen molar-refractivity contribution in [2.75, 3.05) is 26.7 Å². The average Bonchev–Trinajstić information content (AvgIpc) is 3.04. The fourth-order valence-electron chi connectivity index (χ4n) is 2.61. The maximum atomic E-state index is 13.7. The minimum absolute atomic E-state index is 0.0761. The summed E-state index contributed by atoms with van der Waals surface area (Å²) in [6.45, 7) is 4.59. The Bertz CT molecular complexity index is 649. The van der Waals surface area contributed by atoms with Crippen LogP contribution in [0.1, 0.15) is 37.2 Å². The largest absolute Gasteiger partial charge is 0.478 e. The highest BCUT2D eigenvalue weighted by atomic mass is 19.1. The number of nitrogens with zero attached hydrogens (tertiary/aromatic N) is 3. The van der Waals surface area contributed by atoms with Crippen molar-refractivity contribution in [2.24, 2.45) is 0 Å². The number of benzene rings is 1. The summed E-state index contributed by atoms with van der Waals surface area (Å²) in [7, 11) is 2.04. The zero-order chi connectivity index (χ0) is 16.2. The van der Waals surface area contributed by atoms with Gasteiger partial charge < -0.3 is 14.6 Å². The van der Waals surface area contributed by atoms with Gasteiger partial charge in [0.1, 0.15) is 0 Å². The lowest BCUT2D eigenvalue weighted by molar-refractivity contribution is 0.147. The summed E-state index contributed by atoms with van der Waals surface area (Å²) in [6.07, 6.45) is 0.143. The van der Waals surface area contributed by atoms with Crippen LogP contribution in [0.5, 0.6) is 5.75 Å². The van der Waals surface area contributed by atoms with Gasteiger partial charge in [0.15, 0.2) is 23.5 Å². The maximum Gasteiger partial charge on any atom is 0.267 e. The number of hydrogen-bond donors (Lipinski definition) is 1. The highest BCUT2D eigenvalue weighted by Crippen LogP contribution is 2.27. The third-order valence-electron chi connectivity index (χ3n) is 4.02. The maximum absolute atomic E-state index is 13.7. The van der Waals surface area contributed by atoms with Gasteiger partial charge in [-0.2, -0.15) is 4.98 Å². The molecule has 6 nitrogen and oxygen atoms in total. The van der Waals surface area contributed by atoms with E-state index in [0.717, 1.165) is 19.6 Å². The molecule has 0 radical (unpaired) electrons. The van der Waals surface area contributed by atoms with Gasteiger partial charge in [-0.1, -0.05) is 24.2 Å². The Morgan fingerprint density at radius 3 is 3.04 bits per heavy atom. The number of ether oxygens (including phenoxy) is 1. The molecule has 2 heterocycles. The minimum atomic E-state index is -0.463. The van der Waals surface area contributed by atoms with Gasteiger partial charge in [0.05, 0.1) is 6.04 Å². The van der Waals surface area contributed by atoms with Crippen LogP contribution in [0.3, 0.4) is 0 Å². The summed E-state index contributed by atoms with van der Waals surface area (Å²) in [5, 5.41) is 7.40. The molecule has 1 fully saturated rings.